The van der Waals surface area contributed by atoms with Gasteiger partial charge in [-0.3, -0.25) is 4.31 Å². The lowest BCUT2D eigenvalue weighted by Crippen LogP contribution is -2.34. The Kier molecular flexibility index (Phi) is 4.78. The van der Waals surface area contributed by atoms with Crippen LogP contribution in [-0.2, 0) is 29.3 Å². The standard InChI is InChI=1S/C21H22N2O2S2/c1-15-12-18-13-17(9-10-20(18)23(15)27(2,24)25)19-14-26-21(22-19)11-8-16-6-4-3-5-7-16/h3-7,9-10,13-15H,8,11-12H2,1-2H3. The van der Waals surface area contributed by atoms with Gasteiger partial charge in [0, 0.05) is 23.4 Å². The molecule has 27 heavy (non-hydrogen) atoms. The monoisotopic (exact) mass is 398 g/mol. The van der Waals surface area contributed by atoms with Crippen LogP contribution >= 0.6 is 11.3 Å². The van der Waals surface area contributed by atoms with Gasteiger partial charge in [0.05, 0.1) is 22.6 Å². The van der Waals surface area contributed by atoms with Crippen LogP contribution in [0.4, 0.5) is 5.69 Å². The third kappa shape index (κ3) is 3.77. The number of fused-ring (bicyclic) bond motifs is 1. The molecule has 1 aromatic heterocycles. The molecule has 0 N–H and O–H groups in total. The predicted octanol–water partition coefficient (Wildman–Crippen LogP) is 4.31. The normalized spacial score (nSPS) is 16.5. The molecule has 2 heterocycles. The Hall–Kier alpha value is -2.18. The summed E-state index contributed by atoms with van der Waals surface area (Å²) >= 11 is 1.68. The molecule has 140 valence electrons. The molecule has 0 amide bonds. The SMILES string of the molecule is CC1Cc2cc(-c3csc(CCc4ccccc4)n3)ccc2N1S(C)(=O)=O. The summed E-state index contributed by atoms with van der Waals surface area (Å²) in [4.78, 5) is 4.79. The van der Waals surface area contributed by atoms with E-state index in [9.17, 15) is 8.42 Å². The second-order valence-electron chi connectivity index (χ2n) is 7.07. The van der Waals surface area contributed by atoms with Gasteiger partial charge < -0.3 is 0 Å². The molecule has 4 nitrogen and oxygen atoms in total. The van der Waals surface area contributed by atoms with Crippen LogP contribution in [0, 0.1) is 0 Å². The molecule has 1 aliphatic rings. The van der Waals surface area contributed by atoms with Crippen molar-refractivity contribution in [2.45, 2.75) is 32.2 Å². The van der Waals surface area contributed by atoms with Crippen LogP contribution in [-0.4, -0.2) is 25.7 Å². The fourth-order valence-corrected chi connectivity index (χ4v) is 5.79. The van der Waals surface area contributed by atoms with Gasteiger partial charge in [-0.2, -0.15) is 0 Å². The first-order valence-electron chi connectivity index (χ1n) is 9.03. The number of benzene rings is 2. The lowest BCUT2D eigenvalue weighted by atomic mass is 10.1. The topological polar surface area (TPSA) is 50.3 Å². The number of aromatic nitrogens is 1. The average Bonchev–Trinajstić information content (AvgIpc) is 3.23. The zero-order valence-corrected chi connectivity index (χ0v) is 17.1. The zero-order valence-electron chi connectivity index (χ0n) is 15.4. The lowest BCUT2D eigenvalue weighted by Gasteiger charge is -2.21. The molecule has 3 aromatic rings. The number of rotatable bonds is 5. The van der Waals surface area contributed by atoms with E-state index in [1.165, 1.54) is 16.1 Å². The Labute approximate surface area is 164 Å². The zero-order chi connectivity index (χ0) is 19.0. The molecular weight excluding hydrogens is 376 g/mol. The first-order valence-corrected chi connectivity index (χ1v) is 11.8. The Morgan fingerprint density at radius 2 is 1.93 bits per heavy atom. The largest absolute Gasteiger partial charge is 0.267 e. The van der Waals surface area contributed by atoms with Gasteiger partial charge in [0.1, 0.15) is 0 Å². The van der Waals surface area contributed by atoms with Gasteiger partial charge in [-0.25, -0.2) is 13.4 Å². The van der Waals surface area contributed by atoms with Crippen LogP contribution in [0.5, 0.6) is 0 Å². The predicted molar refractivity (Wildman–Crippen MR) is 112 cm³/mol. The maximum Gasteiger partial charge on any atom is 0.232 e. The summed E-state index contributed by atoms with van der Waals surface area (Å²) in [7, 11) is -3.25. The Bertz CT molecular complexity index is 1060. The van der Waals surface area contributed by atoms with Crippen molar-refractivity contribution in [1.29, 1.82) is 0 Å². The molecule has 0 radical (unpaired) electrons. The molecule has 1 aliphatic heterocycles. The van der Waals surface area contributed by atoms with Gasteiger partial charge in [-0.05, 0) is 43.0 Å². The number of hydrogen-bond acceptors (Lipinski definition) is 4. The third-order valence-electron chi connectivity index (χ3n) is 4.91. The van der Waals surface area contributed by atoms with E-state index in [1.807, 2.05) is 25.1 Å². The number of sulfonamides is 1. The van der Waals surface area contributed by atoms with Crippen LogP contribution < -0.4 is 4.31 Å². The van der Waals surface area contributed by atoms with Crippen molar-refractivity contribution >= 4 is 27.0 Å². The van der Waals surface area contributed by atoms with Gasteiger partial charge in [-0.15, -0.1) is 11.3 Å². The van der Waals surface area contributed by atoms with Gasteiger partial charge in [0.25, 0.3) is 0 Å². The molecule has 6 heteroatoms. The number of aryl methyl sites for hydroxylation is 2. The second kappa shape index (κ2) is 7.09. The molecule has 0 saturated carbocycles. The molecule has 2 aromatic carbocycles. The van der Waals surface area contributed by atoms with Crippen LogP contribution in [0.3, 0.4) is 0 Å². The van der Waals surface area contributed by atoms with Crippen molar-refractivity contribution in [2.75, 3.05) is 10.6 Å². The minimum absolute atomic E-state index is 0.0397. The highest BCUT2D eigenvalue weighted by molar-refractivity contribution is 7.92. The third-order valence-corrected chi connectivity index (χ3v) is 7.09. The number of hydrogen-bond donors (Lipinski definition) is 0. The summed E-state index contributed by atoms with van der Waals surface area (Å²) in [5.41, 5.74) is 5.22. The quantitative estimate of drug-likeness (QED) is 0.644. The lowest BCUT2D eigenvalue weighted by molar-refractivity contribution is 0.590. The van der Waals surface area contributed by atoms with E-state index in [4.69, 9.17) is 4.98 Å². The van der Waals surface area contributed by atoms with E-state index in [0.29, 0.717) is 0 Å². The van der Waals surface area contributed by atoms with E-state index in [-0.39, 0.29) is 6.04 Å². The maximum absolute atomic E-state index is 12.1. The van der Waals surface area contributed by atoms with Crippen molar-refractivity contribution < 1.29 is 8.42 Å². The summed E-state index contributed by atoms with van der Waals surface area (Å²) in [6.45, 7) is 1.95. The Morgan fingerprint density at radius 1 is 1.15 bits per heavy atom. The highest BCUT2D eigenvalue weighted by Crippen LogP contribution is 2.37. The number of anilines is 1. The first-order chi connectivity index (χ1) is 12.9. The minimum atomic E-state index is -3.25. The Morgan fingerprint density at radius 3 is 2.67 bits per heavy atom. The first kappa shape index (κ1) is 18.2. The smallest absolute Gasteiger partial charge is 0.232 e. The number of nitrogens with zero attached hydrogens (tertiary/aromatic N) is 2. The molecule has 1 atom stereocenters. The van der Waals surface area contributed by atoms with Gasteiger partial charge in [-0.1, -0.05) is 36.4 Å². The summed E-state index contributed by atoms with van der Waals surface area (Å²) < 4.78 is 25.7. The van der Waals surface area contributed by atoms with Gasteiger partial charge in [0.2, 0.25) is 10.0 Å². The molecule has 0 spiro atoms. The summed E-state index contributed by atoms with van der Waals surface area (Å²) in [6.07, 6.45) is 3.92. The molecule has 0 aliphatic carbocycles. The van der Waals surface area contributed by atoms with E-state index in [0.717, 1.165) is 46.8 Å². The van der Waals surface area contributed by atoms with E-state index in [2.05, 4.69) is 35.7 Å². The average molecular weight is 399 g/mol. The fraction of sp³-hybridized carbons (Fsp3) is 0.286. The summed E-state index contributed by atoms with van der Waals surface area (Å²) in [6, 6.07) is 16.4. The summed E-state index contributed by atoms with van der Waals surface area (Å²) in [5, 5.41) is 3.22. The molecule has 0 fully saturated rings. The molecule has 0 saturated heterocycles. The molecule has 0 bridgehead atoms. The van der Waals surface area contributed by atoms with Crippen LogP contribution in [0.1, 0.15) is 23.1 Å². The summed E-state index contributed by atoms with van der Waals surface area (Å²) in [5.74, 6) is 0. The maximum atomic E-state index is 12.1. The van der Waals surface area contributed by atoms with E-state index in [1.54, 1.807) is 11.3 Å². The van der Waals surface area contributed by atoms with Gasteiger partial charge in [0.15, 0.2) is 0 Å². The van der Waals surface area contributed by atoms with Crippen molar-refractivity contribution in [3.8, 4) is 11.3 Å². The highest BCUT2D eigenvalue weighted by Gasteiger charge is 2.32. The molecule has 4 rings (SSSR count). The van der Waals surface area contributed by atoms with E-state index < -0.39 is 10.0 Å². The van der Waals surface area contributed by atoms with Gasteiger partial charge >= 0.3 is 0 Å². The molecule has 1 unspecified atom stereocenters. The number of thiazole rings is 1. The van der Waals surface area contributed by atoms with E-state index >= 15 is 0 Å². The van der Waals surface area contributed by atoms with Crippen LogP contribution in [0.25, 0.3) is 11.3 Å². The van der Waals surface area contributed by atoms with Crippen molar-refractivity contribution in [1.82, 2.24) is 4.98 Å². The van der Waals surface area contributed by atoms with Crippen molar-refractivity contribution in [3.63, 3.8) is 0 Å². The minimum Gasteiger partial charge on any atom is -0.267 e. The van der Waals surface area contributed by atoms with Crippen LogP contribution in [0.2, 0.25) is 0 Å². The Balaban J connectivity index is 1.54. The second-order valence-corrected chi connectivity index (χ2v) is 9.87. The van der Waals surface area contributed by atoms with Crippen molar-refractivity contribution in [3.05, 3.63) is 70.0 Å². The molecular formula is C21H22N2O2S2. The fourth-order valence-electron chi connectivity index (χ4n) is 3.72. The van der Waals surface area contributed by atoms with Crippen LogP contribution in [0.15, 0.2) is 53.9 Å². The highest BCUT2D eigenvalue weighted by atomic mass is 32.2. The van der Waals surface area contributed by atoms with Crippen molar-refractivity contribution in [2.24, 2.45) is 0 Å².